The summed E-state index contributed by atoms with van der Waals surface area (Å²) in [5, 5.41) is 19.3. The Balaban J connectivity index is 2.26. The second-order valence-corrected chi connectivity index (χ2v) is 5.05. The number of carbonyl (C=O) groups is 1. The number of allylic oxidation sites excluding steroid dienone is 1. The Morgan fingerprint density at radius 3 is 2.43 bits per heavy atom. The lowest BCUT2D eigenvalue weighted by Crippen LogP contribution is -1.95. The van der Waals surface area contributed by atoms with Crippen LogP contribution < -0.4 is 9.47 Å². The molecule has 0 atom stereocenters. The quantitative estimate of drug-likeness (QED) is 0.644. The number of ketones is 1. The van der Waals surface area contributed by atoms with Gasteiger partial charge in [0.25, 0.3) is 0 Å². The summed E-state index contributed by atoms with van der Waals surface area (Å²) in [5.41, 5.74) is 0.969. The molecule has 0 spiro atoms. The van der Waals surface area contributed by atoms with Crippen LogP contribution in [0.3, 0.4) is 0 Å². The molecule has 2 aromatic rings. The first-order chi connectivity index (χ1) is 11.0. The molecule has 2 N–H and O–H groups in total. The van der Waals surface area contributed by atoms with Crippen LogP contribution in [0.5, 0.6) is 23.0 Å². The largest absolute Gasteiger partial charge is 0.504 e. The molecule has 6 heteroatoms. The molecule has 0 saturated heterocycles. The molecule has 2 aromatic carbocycles. The minimum Gasteiger partial charge on any atom is -0.504 e. The van der Waals surface area contributed by atoms with Gasteiger partial charge in [-0.15, -0.1) is 0 Å². The van der Waals surface area contributed by atoms with E-state index in [-0.39, 0.29) is 33.8 Å². The predicted molar refractivity (Wildman–Crippen MR) is 87.7 cm³/mol. The second-order valence-electron chi connectivity index (χ2n) is 4.64. The van der Waals surface area contributed by atoms with Gasteiger partial charge in [-0.05, 0) is 42.0 Å². The predicted octanol–water partition coefficient (Wildman–Crippen LogP) is 3.66. The number of hydrogen-bond donors (Lipinski definition) is 2. The number of hydrogen-bond acceptors (Lipinski definition) is 5. The van der Waals surface area contributed by atoms with Gasteiger partial charge in [-0.3, -0.25) is 4.79 Å². The van der Waals surface area contributed by atoms with Crippen LogP contribution in [0.25, 0.3) is 6.08 Å². The molecule has 0 aliphatic heterocycles. The Hall–Kier alpha value is -2.66. The fraction of sp³-hybridized carbons (Fsp3) is 0.118. The van der Waals surface area contributed by atoms with Gasteiger partial charge < -0.3 is 19.7 Å². The molecule has 120 valence electrons. The van der Waals surface area contributed by atoms with Crippen LogP contribution in [0, 0.1) is 0 Å². The molecular weight excluding hydrogens is 320 g/mol. The third kappa shape index (κ3) is 3.76. The van der Waals surface area contributed by atoms with E-state index in [0.717, 1.165) is 0 Å². The van der Waals surface area contributed by atoms with E-state index in [1.807, 2.05) is 0 Å². The minimum absolute atomic E-state index is 0.0388. The molecule has 0 bridgehead atoms. The number of halogens is 1. The summed E-state index contributed by atoms with van der Waals surface area (Å²) >= 11 is 5.89. The van der Waals surface area contributed by atoms with E-state index in [2.05, 4.69) is 0 Å². The number of ether oxygens (including phenoxy) is 2. The summed E-state index contributed by atoms with van der Waals surface area (Å²) in [7, 11) is 2.82. The zero-order valence-corrected chi connectivity index (χ0v) is 13.3. The molecule has 2 rings (SSSR count). The molecule has 0 aliphatic rings. The number of phenolic OH excluding ortho intramolecular Hbond substituents is 2. The molecule has 0 amide bonds. The summed E-state index contributed by atoms with van der Waals surface area (Å²) in [6, 6.07) is 7.41. The normalized spacial score (nSPS) is 10.7. The molecule has 0 radical (unpaired) electrons. The first kappa shape index (κ1) is 16.7. The van der Waals surface area contributed by atoms with Crippen LogP contribution in [0.15, 0.2) is 36.4 Å². The number of aromatic hydroxyl groups is 2. The van der Waals surface area contributed by atoms with Crippen LogP contribution in [-0.4, -0.2) is 30.2 Å². The van der Waals surface area contributed by atoms with Crippen molar-refractivity contribution in [2.24, 2.45) is 0 Å². The van der Waals surface area contributed by atoms with Gasteiger partial charge in [0.2, 0.25) is 0 Å². The highest BCUT2D eigenvalue weighted by molar-refractivity contribution is 6.32. The standard InChI is InChI=1S/C17H15ClO5/c1-22-15-9-11(4-6-14(15)20)13(19)5-3-10-7-12(18)17(21)16(8-10)23-2/h3-9,20-21H,1-2H3/b5-3+. The van der Waals surface area contributed by atoms with Crippen molar-refractivity contribution >= 4 is 23.5 Å². The van der Waals surface area contributed by atoms with Gasteiger partial charge in [0.15, 0.2) is 28.8 Å². The van der Waals surface area contributed by atoms with Crippen LogP contribution in [0.1, 0.15) is 15.9 Å². The van der Waals surface area contributed by atoms with E-state index >= 15 is 0 Å². The summed E-state index contributed by atoms with van der Waals surface area (Å²) in [5.74, 6) is -0.0232. The lowest BCUT2D eigenvalue weighted by molar-refractivity contribution is 0.104. The van der Waals surface area contributed by atoms with Crippen molar-refractivity contribution in [1.82, 2.24) is 0 Å². The lowest BCUT2D eigenvalue weighted by Gasteiger charge is -2.06. The Kier molecular flexibility index (Phi) is 5.13. The zero-order chi connectivity index (χ0) is 17.0. The van der Waals surface area contributed by atoms with Crippen LogP contribution >= 0.6 is 11.6 Å². The average Bonchev–Trinajstić information content (AvgIpc) is 2.55. The highest BCUT2D eigenvalue weighted by atomic mass is 35.5. The fourth-order valence-electron chi connectivity index (χ4n) is 1.94. The van der Waals surface area contributed by atoms with E-state index in [0.29, 0.717) is 11.1 Å². The molecule has 0 fully saturated rings. The Labute approximate surface area is 138 Å². The summed E-state index contributed by atoms with van der Waals surface area (Å²) in [6.07, 6.45) is 2.91. The van der Waals surface area contributed by atoms with E-state index in [1.54, 1.807) is 12.1 Å². The van der Waals surface area contributed by atoms with Gasteiger partial charge in [0.1, 0.15) is 0 Å². The van der Waals surface area contributed by atoms with Gasteiger partial charge in [-0.1, -0.05) is 17.7 Å². The molecule has 0 aliphatic carbocycles. The molecule has 0 aromatic heterocycles. The van der Waals surface area contributed by atoms with Crippen molar-refractivity contribution in [2.75, 3.05) is 14.2 Å². The molecular formula is C17H15ClO5. The molecule has 23 heavy (non-hydrogen) atoms. The van der Waals surface area contributed by atoms with Crippen molar-refractivity contribution in [3.05, 3.63) is 52.6 Å². The topological polar surface area (TPSA) is 76.0 Å². The Morgan fingerprint density at radius 2 is 1.78 bits per heavy atom. The number of carbonyl (C=O) groups excluding carboxylic acids is 1. The van der Waals surface area contributed by atoms with E-state index in [1.165, 1.54) is 44.6 Å². The smallest absolute Gasteiger partial charge is 0.185 e. The maximum absolute atomic E-state index is 12.2. The number of methoxy groups -OCH3 is 2. The number of phenols is 2. The zero-order valence-electron chi connectivity index (χ0n) is 12.5. The van der Waals surface area contributed by atoms with Crippen molar-refractivity contribution in [1.29, 1.82) is 0 Å². The van der Waals surface area contributed by atoms with E-state index in [4.69, 9.17) is 21.1 Å². The van der Waals surface area contributed by atoms with Gasteiger partial charge in [-0.2, -0.15) is 0 Å². The summed E-state index contributed by atoms with van der Waals surface area (Å²) in [4.78, 5) is 12.2. The first-order valence-corrected chi connectivity index (χ1v) is 7.00. The monoisotopic (exact) mass is 334 g/mol. The van der Waals surface area contributed by atoms with E-state index < -0.39 is 0 Å². The summed E-state index contributed by atoms with van der Waals surface area (Å²) < 4.78 is 9.97. The van der Waals surface area contributed by atoms with Gasteiger partial charge in [0, 0.05) is 5.56 Å². The van der Waals surface area contributed by atoms with Crippen molar-refractivity contribution < 1.29 is 24.5 Å². The van der Waals surface area contributed by atoms with Crippen molar-refractivity contribution in [2.45, 2.75) is 0 Å². The van der Waals surface area contributed by atoms with Gasteiger partial charge >= 0.3 is 0 Å². The van der Waals surface area contributed by atoms with Crippen molar-refractivity contribution in [3.63, 3.8) is 0 Å². The highest BCUT2D eigenvalue weighted by Gasteiger charge is 2.09. The van der Waals surface area contributed by atoms with Crippen LogP contribution in [0.4, 0.5) is 0 Å². The number of benzene rings is 2. The van der Waals surface area contributed by atoms with Crippen LogP contribution in [-0.2, 0) is 0 Å². The lowest BCUT2D eigenvalue weighted by atomic mass is 10.1. The van der Waals surface area contributed by atoms with Crippen LogP contribution in [0.2, 0.25) is 5.02 Å². The average molecular weight is 335 g/mol. The maximum atomic E-state index is 12.2. The maximum Gasteiger partial charge on any atom is 0.185 e. The molecule has 5 nitrogen and oxygen atoms in total. The van der Waals surface area contributed by atoms with Crippen molar-refractivity contribution in [3.8, 4) is 23.0 Å². The third-order valence-corrected chi connectivity index (χ3v) is 3.45. The minimum atomic E-state index is -0.272. The second kappa shape index (κ2) is 7.07. The fourth-order valence-corrected chi connectivity index (χ4v) is 2.16. The Bertz CT molecular complexity index is 768. The molecule has 0 unspecified atom stereocenters. The van der Waals surface area contributed by atoms with Gasteiger partial charge in [0.05, 0.1) is 19.2 Å². The van der Waals surface area contributed by atoms with Gasteiger partial charge in [-0.25, -0.2) is 0 Å². The molecule has 0 heterocycles. The molecule has 0 saturated carbocycles. The summed E-state index contributed by atoms with van der Waals surface area (Å²) in [6.45, 7) is 0. The first-order valence-electron chi connectivity index (χ1n) is 6.62. The Morgan fingerprint density at radius 1 is 1.09 bits per heavy atom. The van der Waals surface area contributed by atoms with E-state index in [9.17, 15) is 15.0 Å². The highest BCUT2D eigenvalue weighted by Crippen LogP contribution is 2.35. The third-order valence-electron chi connectivity index (χ3n) is 3.16. The SMILES string of the molecule is COc1cc(C(=O)/C=C/c2cc(Cl)c(O)c(OC)c2)ccc1O. The number of rotatable bonds is 5.